The van der Waals surface area contributed by atoms with Gasteiger partial charge in [0.2, 0.25) is 0 Å². The van der Waals surface area contributed by atoms with Gasteiger partial charge in [0.05, 0.1) is 11.9 Å². The van der Waals surface area contributed by atoms with E-state index < -0.39 is 12.1 Å². The average Bonchev–Trinajstić information content (AvgIpc) is 2.06. The molecule has 0 fully saturated rings. The van der Waals surface area contributed by atoms with E-state index in [0.717, 1.165) is 6.20 Å². The van der Waals surface area contributed by atoms with Crippen molar-refractivity contribution in [1.29, 1.82) is 0 Å². The highest BCUT2D eigenvalue weighted by Crippen LogP contribution is 2.29. The second-order valence-electron chi connectivity index (χ2n) is 2.46. The Bertz CT molecular complexity index is 326. The molecule has 0 aliphatic rings. The smallest absolute Gasteiger partial charge is 0.402 e. The highest BCUT2D eigenvalue weighted by atomic mass is 19.4. The van der Waals surface area contributed by atoms with Crippen LogP contribution in [0.2, 0.25) is 0 Å². The van der Waals surface area contributed by atoms with E-state index in [0.29, 0.717) is 5.56 Å². The summed E-state index contributed by atoms with van der Waals surface area (Å²) in [7, 11) is 0. The molecule has 1 rings (SSSR count). The highest BCUT2D eigenvalue weighted by Gasteiger charge is 2.32. The average molecular weight is 207 g/mol. The lowest BCUT2D eigenvalue weighted by Crippen LogP contribution is -2.19. The summed E-state index contributed by atoms with van der Waals surface area (Å²) in [5, 5.41) is 0. The lowest BCUT2D eigenvalue weighted by atomic mass is 10.2. The number of hydrogen-bond acceptors (Lipinski definition) is 4. The second-order valence-corrected chi connectivity index (χ2v) is 2.46. The van der Waals surface area contributed by atoms with Gasteiger partial charge in [-0.1, -0.05) is 0 Å². The summed E-state index contributed by atoms with van der Waals surface area (Å²) in [6, 6.07) is 0. The van der Waals surface area contributed by atoms with Crippen molar-refractivity contribution in [2.75, 3.05) is 5.73 Å². The first-order valence-corrected chi connectivity index (χ1v) is 3.62. The Labute approximate surface area is 77.7 Å². The number of anilines is 1. The topological polar surface area (TPSA) is 74.2 Å². The molecule has 7 heteroatoms. The van der Waals surface area contributed by atoms with Crippen LogP contribution in [0.15, 0.2) is 12.4 Å². The molecule has 4 nitrogen and oxygen atoms in total. The minimum Gasteiger partial charge on any atom is -0.402 e. The maximum atomic E-state index is 11.8. The standard InChI is InChI=1S/C7H8F3N3O/c8-7(9,10)14-5-3-13-2-4(1-11)6(5)12/h2-3H,1,11H2,(H2,12,13). The molecule has 0 aromatic carbocycles. The first-order chi connectivity index (χ1) is 6.44. The number of nitrogens with zero attached hydrogens (tertiary/aromatic N) is 1. The third-order valence-corrected chi connectivity index (χ3v) is 1.48. The lowest BCUT2D eigenvalue weighted by Gasteiger charge is -2.12. The Morgan fingerprint density at radius 3 is 2.50 bits per heavy atom. The van der Waals surface area contributed by atoms with Crippen LogP contribution in [0.25, 0.3) is 0 Å². The second kappa shape index (κ2) is 3.70. The molecule has 1 aromatic heterocycles. The third kappa shape index (κ3) is 2.49. The number of nitrogens with two attached hydrogens (primary N) is 2. The minimum absolute atomic E-state index is 0.00783. The van der Waals surface area contributed by atoms with E-state index in [1.165, 1.54) is 6.20 Å². The summed E-state index contributed by atoms with van der Waals surface area (Å²) in [4.78, 5) is 3.52. The quantitative estimate of drug-likeness (QED) is 0.759. The molecule has 0 saturated carbocycles. The first kappa shape index (κ1) is 10.6. The van der Waals surface area contributed by atoms with Gasteiger partial charge in [-0.2, -0.15) is 0 Å². The highest BCUT2D eigenvalue weighted by molar-refractivity contribution is 5.56. The number of alkyl halides is 3. The Balaban J connectivity index is 2.98. The van der Waals surface area contributed by atoms with Crippen molar-refractivity contribution in [2.24, 2.45) is 5.73 Å². The zero-order valence-electron chi connectivity index (χ0n) is 7.01. The molecule has 1 aromatic rings. The van der Waals surface area contributed by atoms with Gasteiger partial charge in [0.25, 0.3) is 0 Å². The van der Waals surface area contributed by atoms with Crippen molar-refractivity contribution < 1.29 is 17.9 Å². The predicted octanol–water partition coefficient (Wildman–Crippen LogP) is 1.02. The molecule has 0 amide bonds. The zero-order valence-corrected chi connectivity index (χ0v) is 7.01. The first-order valence-electron chi connectivity index (χ1n) is 3.62. The van der Waals surface area contributed by atoms with Gasteiger partial charge < -0.3 is 16.2 Å². The van der Waals surface area contributed by atoms with Crippen LogP contribution in [0, 0.1) is 0 Å². The molecular weight excluding hydrogens is 199 g/mol. The van der Waals surface area contributed by atoms with Crippen molar-refractivity contribution >= 4 is 5.69 Å². The fourth-order valence-electron chi connectivity index (χ4n) is 0.861. The summed E-state index contributed by atoms with van der Waals surface area (Å²) in [6.45, 7) is 0.00783. The largest absolute Gasteiger partial charge is 0.573 e. The van der Waals surface area contributed by atoms with Gasteiger partial charge >= 0.3 is 6.36 Å². The van der Waals surface area contributed by atoms with Crippen molar-refractivity contribution in [2.45, 2.75) is 12.9 Å². The van der Waals surface area contributed by atoms with Crippen LogP contribution in [0.4, 0.5) is 18.9 Å². The van der Waals surface area contributed by atoms with E-state index in [-0.39, 0.29) is 12.2 Å². The van der Waals surface area contributed by atoms with Crippen LogP contribution < -0.4 is 16.2 Å². The zero-order chi connectivity index (χ0) is 10.8. The van der Waals surface area contributed by atoms with Crippen LogP contribution in [0.5, 0.6) is 5.75 Å². The van der Waals surface area contributed by atoms with E-state index in [4.69, 9.17) is 11.5 Å². The van der Waals surface area contributed by atoms with Crippen molar-refractivity contribution in [3.8, 4) is 5.75 Å². The van der Waals surface area contributed by atoms with Gasteiger partial charge in [0.15, 0.2) is 5.75 Å². The molecule has 78 valence electrons. The van der Waals surface area contributed by atoms with Crippen LogP contribution in [0.3, 0.4) is 0 Å². The summed E-state index contributed by atoms with van der Waals surface area (Å²) < 4.78 is 39.1. The molecule has 0 saturated heterocycles. The molecule has 4 N–H and O–H groups in total. The van der Waals surface area contributed by atoms with Crippen LogP contribution in [0.1, 0.15) is 5.56 Å². The fraction of sp³-hybridized carbons (Fsp3) is 0.286. The fourth-order valence-corrected chi connectivity index (χ4v) is 0.861. The van der Waals surface area contributed by atoms with Crippen LogP contribution >= 0.6 is 0 Å². The van der Waals surface area contributed by atoms with Gasteiger partial charge in [-0.25, -0.2) is 0 Å². The maximum Gasteiger partial charge on any atom is 0.573 e. The van der Waals surface area contributed by atoms with Gasteiger partial charge in [0, 0.05) is 18.3 Å². The molecule has 14 heavy (non-hydrogen) atoms. The van der Waals surface area contributed by atoms with Gasteiger partial charge in [-0.05, 0) is 0 Å². The third-order valence-electron chi connectivity index (χ3n) is 1.48. The van der Waals surface area contributed by atoms with E-state index in [2.05, 4.69) is 9.72 Å². The number of nitrogen functional groups attached to an aromatic ring is 1. The van der Waals surface area contributed by atoms with Gasteiger partial charge in [-0.3, -0.25) is 4.98 Å². The van der Waals surface area contributed by atoms with E-state index in [1.807, 2.05) is 0 Å². The number of rotatable bonds is 2. The van der Waals surface area contributed by atoms with E-state index >= 15 is 0 Å². The molecule has 0 atom stereocenters. The van der Waals surface area contributed by atoms with Crippen LogP contribution in [-0.4, -0.2) is 11.3 Å². The van der Waals surface area contributed by atoms with Crippen LogP contribution in [-0.2, 0) is 6.54 Å². The maximum absolute atomic E-state index is 11.8. The monoisotopic (exact) mass is 207 g/mol. The number of hydrogen-bond donors (Lipinski definition) is 2. The lowest BCUT2D eigenvalue weighted by molar-refractivity contribution is -0.274. The van der Waals surface area contributed by atoms with Crippen molar-refractivity contribution in [1.82, 2.24) is 4.98 Å². The Morgan fingerprint density at radius 1 is 1.36 bits per heavy atom. The predicted molar refractivity (Wildman–Crippen MR) is 43.2 cm³/mol. The van der Waals surface area contributed by atoms with Crippen molar-refractivity contribution in [3.05, 3.63) is 18.0 Å². The number of halogens is 3. The molecule has 0 spiro atoms. The Hall–Kier alpha value is -1.50. The minimum atomic E-state index is -4.77. The van der Waals surface area contributed by atoms with E-state index in [9.17, 15) is 13.2 Å². The molecular formula is C7H8F3N3O. The normalized spacial score (nSPS) is 11.4. The molecule has 0 bridgehead atoms. The Morgan fingerprint density at radius 2 is 2.00 bits per heavy atom. The van der Waals surface area contributed by atoms with Gasteiger partial charge in [-0.15, -0.1) is 13.2 Å². The summed E-state index contributed by atoms with van der Waals surface area (Å²) in [6.07, 6.45) is -2.59. The summed E-state index contributed by atoms with van der Waals surface area (Å²) in [5.74, 6) is -0.527. The van der Waals surface area contributed by atoms with Crippen molar-refractivity contribution in [3.63, 3.8) is 0 Å². The molecule has 0 aliphatic heterocycles. The summed E-state index contributed by atoms with van der Waals surface area (Å²) >= 11 is 0. The number of aromatic nitrogens is 1. The molecule has 0 aliphatic carbocycles. The molecule has 0 unspecified atom stereocenters. The number of pyridine rings is 1. The molecule has 0 radical (unpaired) electrons. The SMILES string of the molecule is NCc1cncc(OC(F)(F)F)c1N. The van der Waals surface area contributed by atoms with E-state index in [1.54, 1.807) is 0 Å². The summed E-state index contributed by atoms with van der Waals surface area (Å²) in [5.41, 5.74) is 10.8. The number of ether oxygens (including phenoxy) is 1. The molecule has 1 heterocycles. The van der Waals surface area contributed by atoms with Gasteiger partial charge in [0.1, 0.15) is 0 Å². The Kier molecular flexibility index (Phi) is 2.80.